The molecule has 2 rings (SSSR count). The number of aryl methyl sites for hydroxylation is 1. The fraction of sp³-hybridized carbons (Fsp3) is 0.235. The molecule has 0 radical (unpaired) electrons. The summed E-state index contributed by atoms with van der Waals surface area (Å²) in [6.07, 6.45) is -0.591. The number of nitrogens with one attached hydrogen (secondary N) is 1. The van der Waals surface area contributed by atoms with Crippen LogP contribution >= 0.6 is 23.2 Å². The molecule has 0 aliphatic rings. The first-order chi connectivity index (χ1) is 10.5. The predicted molar refractivity (Wildman–Crippen MR) is 89.6 cm³/mol. The Morgan fingerprint density at radius 3 is 2.41 bits per heavy atom. The zero-order valence-electron chi connectivity index (χ0n) is 12.4. The van der Waals surface area contributed by atoms with Crippen LogP contribution in [0.25, 0.3) is 0 Å². The van der Waals surface area contributed by atoms with Gasteiger partial charge in [0, 0.05) is 16.6 Å². The van der Waals surface area contributed by atoms with Gasteiger partial charge in [-0.15, -0.1) is 0 Å². The molecule has 0 heterocycles. The molecular weight excluding hydrogens is 321 g/mol. The van der Waals surface area contributed by atoms with Crippen LogP contribution in [0.4, 0.5) is 0 Å². The molecule has 0 saturated carbocycles. The van der Waals surface area contributed by atoms with Crippen LogP contribution in [0.1, 0.15) is 18.1 Å². The molecule has 0 unspecified atom stereocenters. The summed E-state index contributed by atoms with van der Waals surface area (Å²) < 4.78 is 5.68. The highest BCUT2D eigenvalue weighted by molar-refractivity contribution is 6.30. The van der Waals surface area contributed by atoms with Crippen LogP contribution in [0.2, 0.25) is 10.0 Å². The summed E-state index contributed by atoms with van der Waals surface area (Å²) in [7, 11) is 0. The number of hydrogen-bond donors (Lipinski definition) is 1. The Hall–Kier alpha value is -1.71. The van der Waals surface area contributed by atoms with Crippen molar-refractivity contribution in [3.8, 4) is 5.75 Å². The number of amides is 1. The standard InChI is InChI=1S/C17H17Cl2NO2/c1-11-9-15(19)7-8-16(11)22-12(2)17(21)20-10-13-3-5-14(18)6-4-13/h3-9,12H,10H2,1-2H3,(H,20,21)/t12-/m1/s1. The first-order valence-electron chi connectivity index (χ1n) is 6.90. The molecule has 1 atom stereocenters. The fourth-order valence-corrected chi connectivity index (χ4v) is 2.28. The Labute approximate surface area is 140 Å². The zero-order chi connectivity index (χ0) is 16.1. The minimum atomic E-state index is -0.591. The largest absolute Gasteiger partial charge is 0.481 e. The van der Waals surface area contributed by atoms with Gasteiger partial charge >= 0.3 is 0 Å². The van der Waals surface area contributed by atoms with E-state index in [4.69, 9.17) is 27.9 Å². The highest BCUT2D eigenvalue weighted by Gasteiger charge is 2.15. The molecule has 2 aromatic rings. The smallest absolute Gasteiger partial charge is 0.261 e. The molecule has 0 bridgehead atoms. The summed E-state index contributed by atoms with van der Waals surface area (Å²) in [5, 5.41) is 4.15. The van der Waals surface area contributed by atoms with Crippen molar-refractivity contribution in [2.24, 2.45) is 0 Å². The molecule has 22 heavy (non-hydrogen) atoms. The van der Waals surface area contributed by atoms with Gasteiger partial charge in [0.2, 0.25) is 0 Å². The SMILES string of the molecule is Cc1cc(Cl)ccc1O[C@H](C)C(=O)NCc1ccc(Cl)cc1. The van der Waals surface area contributed by atoms with Crippen LogP contribution in [0, 0.1) is 6.92 Å². The lowest BCUT2D eigenvalue weighted by Crippen LogP contribution is -2.36. The Morgan fingerprint density at radius 2 is 1.77 bits per heavy atom. The normalized spacial score (nSPS) is 11.8. The molecule has 0 fully saturated rings. The number of benzene rings is 2. The lowest BCUT2D eigenvalue weighted by atomic mass is 10.2. The van der Waals surface area contributed by atoms with E-state index in [-0.39, 0.29) is 5.91 Å². The third kappa shape index (κ3) is 4.65. The summed E-state index contributed by atoms with van der Waals surface area (Å²) in [6, 6.07) is 12.6. The van der Waals surface area contributed by atoms with Gasteiger partial charge in [-0.2, -0.15) is 0 Å². The van der Waals surface area contributed by atoms with Crippen molar-refractivity contribution in [1.29, 1.82) is 0 Å². The zero-order valence-corrected chi connectivity index (χ0v) is 13.9. The number of carbonyl (C=O) groups excluding carboxylic acids is 1. The van der Waals surface area contributed by atoms with Crippen LogP contribution in [-0.2, 0) is 11.3 Å². The van der Waals surface area contributed by atoms with Crippen LogP contribution < -0.4 is 10.1 Å². The maximum atomic E-state index is 12.1. The van der Waals surface area contributed by atoms with Crippen molar-refractivity contribution in [2.45, 2.75) is 26.5 Å². The highest BCUT2D eigenvalue weighted by Crippen LogP contribution is 2.22. The molecule has 0 aromatic heterocycles. The summed E-state index contributed by atoms with van der Waals surface area (Å²) in [5.41, 5.74) is 1.87. The van der Waals surface area contributed by atoms with Crippen molar-refractivity contribution in [1.82, 2.24) is 5.32 Å². The Morgan fingerprint density at radius 1 is 1.14 bits per heavy atom. The maximum Gasteiger partial charge on any atom is 0.261 e. The first-order valence-corrected chi connectivity index (χ1v) is 7.66. The van der Waals surface area contributed by atoms with E-state index in [1.165, 1.54) is 0 Å². The number of hydrogen-bond acceptors (Lipinski definition) is 2. The average molecular weight is 338 g/mol. The number of halogens is 2. The van der Waals surface area contributed by atoms with E-state index < -0.39 is 6.10 Å². The third-order valence-electron chi connectivity index (χ3n) is 3.19. The molecule has 116 valence electrons. The number of rotatable bonds is 5. The number of ether oxygens (including phenoxy) is 1. The predicted octanol–water partition coefficient (Wildman–Crippen LogP) is 4.39. The summed E-state index contributed by atoms with van der Waals surface area (Å²) >= 11 is 11.7. The van der Waals surface area contributed by atoms with Gasteiger partial charge in [0.1, 0.15) is 5.75 Å². The third-order valence-corrected chi connectivity index (χ3v) is 3.68. The van der Waals surface area contributed by atoms with Crippen LogP contribution in [-0.4, -0.2) is 12.0 Å². The van der Waals surface area contributed by atoms with Crippen LogP contribution in [0.3, 0.4) is 0 Å². The summed E-state index contributed by atoms with van der Waals surface area (Å²) in [5.74, 6) is 0.475. The lowest BCUT2D eigenvalue weighted by Gasteiger charge is -2.16. The van der Waals surface area contributed by atoms with Gasteiger partial charge < -0.3 is 10.1 Å². The van der Waals surface area contributed by atoms with Gasteiger partial charge in [-0.3, -0.25) is 4.79 Å². The van der Waals surface area contributed by atoms with E-state index >= 15 is 0 Å². The molecule has 2 aromatic carbocycles. The van der Waals surface area contributed by atoms with Gasteiger partial charge in [0.25, 0.3) is 5.91 Å². The van der Waals surface area contributed by atoms with E-state index in [2.05, 4.69) is 5.32 Å². The minimum Gasteiger partial charge on any atom is -0.481 e. The quantitative estimate of drug-likeness (QED) is 0.878. The Kier molecular flexibility index (Phi) is 5.69. The Balaban J connectivity index is 1.90. The van der Waals surface area contributed by atoms with E-state index in [0.29, 0.717) is 22.3 Å². The van der Waals surface area contributed by atoms with E-state index in [1.54, 1.807) is 37.3 Å². The van der Waals surface area contributed by atoms with Crippen molar-refractivity contribution >= 4 is 29.1 Å². The highest BCUT2D eigenvalue weighted by atomic mass is 35.5. The van der Waals surface area contributed by atoms with Gasteiger partial charge in [-0.25, -0.2) is 0 Å². The monoisotopic (exact) mass is 337 g/mol. The molecule has 0 spiro atoms. The van der Waals surface area contributed by atoms with Crippen molar-refractivity contribution in [3.63, 3.8) is 0 Å². The van der Waals surface area contributed by atoms with E-state index in [1.807, 2.05) is 19.1 Å². The van der Waals surface area contributed by atoms with E-state index in [0.717, 1.165) is 11.1 Å². The fourth-order valence-electron chi connectivity index (χ4n) is 1.92. The summed E-state index contributed by atoms with van der Waals surface area (Å²) in [4.78, 5) is 12.1. The second kappa shape index (κ2) is 7.52. The van der Waals surface area contributed by atoms with Crippen molar-refractivity contribution < 1.29 is 9.53 Å². The number of carbonyl (C=O) groups is 1. The van der Waals surface area contributed by atoms with Gasteiger partial charge in [0.15, 0.2) is 6.10 Å². The van der Waals surface area contributed by atoms with Gasteiger partial charge in [-0.1, -0.05) is 35.3 Å². The molecule has 3 nitrogen and oxygen atoms in total. The molecule has 0 aliphatic heterocycles. The maximum absolute atomic E-state index is 12.1. The summed E-state index contributed by atoms with van der Waals surface area (Å²) in [6.45, 7) is 4.04. The first kappa shape index (κ1) is 16.7. The van der Waals surface area contributed by atoms with Crippen LogP contribution in [0.5, 0.6) is 5.75 Å². The minimum absolute atomic E-state index is 0.177. The van der Waals surface area contributed by atoms with Crippen molar-refractivity contribution in [3.05, 3.63) is 63.6 Å². The second-order valence-corrected chi connectivity index (χ2v) is 5.89. The Bertz CT molecular complexity index is 656. The van der Waals surface area contributed by atoms with Crippen LogP contribution in [0.15, 0.2) is 42.5 Å². The molecular formula is C17H17Cl2NO2. The topological polar surface area (TPSA) is 38.3 Å². The van der Waals surface area contributed by atoms with Gasteiger partial charge in [-0.05, 0) is 55.3 Å². The lowest BCUT2D eigenvalue weighted by molar-refractivity contribution is -0.127. The average Bonchev–Trinajstić information content (AvgIpc) is 2.49. The second-order valence-electron chi connectivity index (χ2n) is 5.01. The van der Waals surface area contributed by atoms with Gasteiger partial charge in [0.05, 0.1) is 0 Å². The molecule has 0 saturated heterocycles. The van der Waals surface area contributed by atoms with Crippen molar-refractivity contribution in [2.75, 3.05) is 0 Å². The van der Waals surface area contributed by atoms with E-state index in [9.17, 15) is 4.79 Å². The molecule has 1 amide bonds. The molecule has 0 aliphatic carbocycles. The molecule has 5 heteroatoms. The molecule has 1 N–H and O–H groups in total.